The van der Waals surface area contributed by atoms with E-state index in [0.717, 1.165) is 24.8 Å². The molecule has 2 aromatic carbocycles. The Kier molecular flexibility index (Phi) is 4.16. The van der Waals surface area contributed by atoms with Crippen molar-refractivity contribution in [3.63, 3.8) is 0 Å². The number of halogens is 4. The van der Waals surface area contributed by atoms with Crippen molar-refractivity contribution < 1.29 is 0 Å². The molecule has 0 radical (unpaired) electrons. The van der Waals surface area contributed by atoms with Gasteiger partial charge in [0, 0.05) is 8.04 Å². The zero-order chi connectivity index (χ0) is 14.4. The summed E-state index contributed by atoms with van der Waals surface area (Å²) in [4.78, 5) is 3.19. The number of nitrogens with one attached hydrogen (secondary N) is 1. The zero-order valence-electron chi connectivity index (χ0n) is 9.75. The number of imidazole rings is 1. The van der Waals surface area contributed by atoms with Gasteiger partial charge in [0.1, 0.15) is 0 Å². The van der Waals surface area contributed by atoms with E-state index in [4.69, 9.17) is 35.4 Å². The van der Waals surface area contributed by atoms with Gasteiger partial charge in [-0.2, -0.15) is 0 Å². The molecule has 0 fully saturated rings. The average Bonchev–Trinajstić information content (AvgIpc) is 2.72. The minimum absolute atomic E-state index is 0.469. The van der Waals surface area contributed by atoms with E-state index in [-0.39, 0.29) is 0 Å². The van der Waals surface area contributed by atoms with Gasteiger partial charge in [-0.15, -0.1) is 0 Å². The summed E-state index contributed by atoms with van der Waals surface area (Å²) in [5.74, 6) is 0. The maximum atomic E-state index is 6.35. The number of hydrogen-bond acceptors (Lipinski definition) is 1. The summed E-state index contributed by atoms with van der Waals surface area (Å²) < 4.78 is 4.37. The Balaban J connectivity index is 2.38. The smallest absolute Gasteiger partial charge is 0.182 e. The van der Waals surface area contributed by atoms with Crippen molar-refractivity contribution in [2.24, 2.45) is 0 Å². The van der Waals surface area contributed by atoms with Gasteiger partial charge in [-0.25, -0.2) is 0 Å². The second-order valence-corrected chi connectivity index (χ2v) is 7.36. The van der Waals surface area contributed by atoms with Crippen LogP contribution in [-0.4, -0.2) is 9.55 Å². The van der Waals surface area contributed by atoms with Crippen LogP contribution in [0.3, 0.4) is 0 Å². The van der Waals surface area contributed by atoms with Crippen molar-refractivity contribution in [2.75, 3.05) is 0 Å². The lowest BCUT2D eigenvalue weighted by molar-refractivity contribution is 1.06. The predicted octanol–water partition coefficient (Wildman–Crippen LogP) is 6.36. The van der Waals surface area contributed by atoms with Crippen molar-refractivity contribution in [2.45, 2.75) is 0 Å². The molecule has 3 rings (SSSR count). The SMILES string of the molecule is S=c1[nH]c2cc(I)ccc2n1-c1ccc(Br)c(Cl)c1Cl. The second-order valence-electron chi connectivity index (χ2n) is 4.12. The lowest BCUT2D eigenvalue weighted by Crippen LogP contribution is -1.95. The van der Waals surface area contributed by atoms with Crippen LogP contribution in [0.25, 0.3) is 16.7 Å². The van der Waals surface area contributed by atoms with Gasteiger partial charge in [0.05, 0.1) is 26.8 Å². The quantitative estimate of drug-likeness (QED) is 0.235. The maximum Gasteiger partial charge on any atom is 0.182 e. The number of rotatable bonds is 1. The number of aromatic nitrogens is 2. The Hall–Kier alpha value is -0.0800. The van der Waals surface area contributed by atoms with Crippen molar-refractivity contribution in [3.8, 4) is 5.69 Å². The maximum absolute atomic E-state index is 6.35. The van der Waals surface area contributed by atoms with Crippen LogP contribution in [-0.2, 0) is 0 Å². The number of H-pyrrole nitrogens is 1. The summed E-state index contributed by atoms with van der Waals surface area (Å²) in [6.07, 6.45) is 0. The molecular weight excluding hydrogens is 494 g/mol. The molecule has 102 valence electrons. The van der Waals surface area contributed by atoms with Gasteiger partial charge in [-0.3, -0.25) is 4.57 Å². The van der Waals surface area contributed by atoms with Crippen LogP contribution in [0.5, 0.6) is 0 Å². The lowest BCUT2D eigenvalue weighted by Gasteiger charge is -2.09. The minimum atomic E-state index is 0.469. The van der Waals surface area contributed by atoms with Crippen molar-refractivity contribution in [1.82, 2.24) is 9.55 Å². The molecule has 7 heteroatoms. The highest BCUT2D eigenvalue weighted by atomic mass is 127. The van der Waals surface area contributed by atoms with Crippen LogP contribution < -0.4 is 0 Å². The molecule has 3 aromatic rings. The number of nitrogens with zero attached hydrogens (tertiary/aromatic N) is 1. The molecule has 0 atom stereocenters. The molecule has 0 unspecified atom stereocenters. The first-order valence-corrected chi connectivity index (χ1v) is 8.57. The van der Waals surface area contributed by atoms with Crippen LogP contribution in [0.15, 0.2) is 34.8 Å². The molecule has 20 heavy (non-hydrogen) atoms. The van der Waals surface area contributed by atoms with Crippen molar-refractivity contribution in [3.05, 3.63) is 53.2 Å². The molecule has 0 amide bonds. The van der Waals surface area contributed by atoms with Crippen molar-refractivity contribution in [1.29, 1.82) is 0 Å². The molecule has 0 aliphatic carbocycles. The fourth-order valence-electron chi connectivity index (χ4n) is 2.01. The summed E-state index contributed by atoms with van der Waals surface area (Å²) in [5, 5.41) is 0.947. The van der Waals surface area contributed by atoms with Crippen LogP contribution in [0.1, 0.15) is 0 Å². The largest absolute Gasteiger partial charge is 0.330 e. The van der Waals surface area contributed by atoms with E-state index in [0.29, 0.717) is 14.8 Å². The molecule has 2 nitrogen and oxygen atoms in total. The van der Waals surface area contributed by atoms with Gasteiger partial charge in [-0.05, 0) is 81.1 Å². The summed E-state index contributed by atoms with van der Waals surface area (Å²) >= 11 is 23.6. The third-order valence-electron chi connectivity index (χ3n) is 2.90. The topological polar surface area (TPSA) is 20.7 Å². The van der Waals surface area contributed by atoms with Gasteiger partial charge in [0.15, 0.2) is 4.77 Å². The second kappa shape index (κ2) is 5.61. The van der Waals surface area contributed by atoms with E-state index in [2.05, 4.69) is 43.5 Å². The highest BCUT2D eigenvalue weighted by molar-refractivity contribution is 14.1. The van der Waals surface area contributed by atoms with E-state index in [9.17, 15) is 0 Å². The van der Waals surface area contributed by atoms with Crippen LogP contribution in [0.4, 0.5) is 0 Å². The summed E-state index contributed by atoms with van der Waals surface area (Å²) in [6.45, 7) is 0. The third kappa shape index (κ3) is 2.43. The number of hydrogen-bond donors (Lipinski definition) is 1. The third-order valence-corrected chi connectivity index (χ3v) is 5.62. The van der Waals surface area contributed by atoms with Gasteiger partial charge in [0.2, 0.25) is 0 Å². The molecule has 0 aliphatic rings. The molecule has 0 saturated carbocycles. The fourth-order valence-corrected chi connectivity index (χ4v) is 3.66. The molecule has 1 heterocycles. The first-order valence-electron chi connectivity index (χ1n) is 5.53. The molecule has 0 spiro atoms. The predicted molar refractivity (Wildman–Crippen MR) is 98.9 cm³/mol. The lowest BCUT2D eigenvalue weighted by atomic mass is 10.3. The minimum Gasteiger partial charge on any atom is -0.330 e. The zero-order valence-corrected chi connectivity index (χ0v) is 15.8. The van der Waals surface area contributed by atoms with Gasteiger partial charge in [-0.1, -0.05) is 23.2 Å². The van der Waals surface area contributed by atoms with E-state index in [1.54, 1.807) is 0 Å². The Labute approximate surface area is 152 Å². The Morgan fingerprint density at radius 3 is 2.65 bits per heavy atom. The summed E-state index contributed by atoms with van der Waals surface area (Å²) in [5.41, 5.74) is 2.70. The average molecular weight is 500 g/mol. The fraction of sp³-hybridized carbons (Fsp3) is 0. The summed E-state index contributed by atoms with van der Waals surface area (Å²) in [7, 11) is 0. The highest BCUT2D eigenvalue weighted by Crippen LogP contribution is 2.36. The molecule has 0 bridgehead atoms. The molecule has 1 aromatic heterocycles. The van der Waals surface area contributed by atoms with E-state index >= 15 is 0 Å². The summed E-state index contributed by atoms with van der Waals surface area (Å²) in [6, 6.07) is 9.82. The molecule has 1 N–H and O–H groups in total. The number of benzene rings is 2. The number of fused-ring (bicyclic) bond motifs is 1. The van der Waals surface area contributed by atoms with Crippen LogP contribution in [0.2, 0.25) is 10.0 Å². The van der Waals surface area contributed by atoms with Crippen molar-refractivity contribution >= 4 is 85.0 Å². The Bertz CT molecular complexity index is 888. The van der Waals surface area contributed by atoms with E-state index in [1.807, 2.05) is 34.9 Å². The van der Waals surface area contributed by atoms with Gasteiger partial charge < -0.3 is 4.98 Å². The van der Waals surface area contributed by atoms with Crippen LogP contribution >= 0.6 is 73.9 Å². The first kappa shape index (κ1) is 14.8. The highest BCUT2D eigenvalue weighted by Gasteiger charge is 2.13. The Morgan fingerprint density at radius 1 is 1.15 bits per heavy atom. The first-order chi connectivity index (χ1) is 9.49. The normalized spacial score (nSPS) is 11.2. The standard InChI is InChI=1S/C13H6BrCl2IN2S/c14-7-2-4-10(12(16)11(7)15)19-9-3-1-6(17)5-8(9)18-13(19)20/h1-5H,(H,18,20). The van der Waals surface area contributed by atoms with Gasteiger partial charge >= 0.3 is 0 Å². The van der Waals surface area contributed by atoms with E-state index in [1.165, 1.54) is 0 Å². The number of aromatic amines is 1. The van der Waals surface area contributed by atoms with E-state index < -0.39 is 0 Å². The van der Waals surface area contributed by atoms with Gasteiger partial charge in [0.25, 0.3) is 0 Å². The molecular formula is C13H6BrCl2IN2S. The molecule has 0 saturated heterocycles. The Morgan fingerprint density at radius 2 is 1.90 bits per heavy atom. The van der Waals surface area contributed by atoms with Crippen LogP contribution in [0, 0.1) is 8.34 Å². The monoisotopic (exact) mass is 498 g/mol. The molecule has 0 aliphatic heterocycles.